The van der Waals surface area contributed by atoms with Gasteiger partial charge in [0.25, 0.3) is 5.91 Å². The summed E-state index contributed by atoms with van der Waals surface area (Å²) in [5.74, 6) is 0.212. The lowest BCUT2D eigenvalue weighted by Crippen LogP contribution is -2.18. The van der Waals surface area contributed by atoms with Crippen LogP contribution >= 0.6 is 27.5 Å². The van der Waals surface area contributed by atoms with Gasteiger partial charge in [0.15, 0.2) is 11.5 Å². The van der Waals surface area contributed by atoms with Gasteiger partial charge in [0.1, 0.15) is 5.75 Å². The van der Waals surface area contributed by atoms with Crippen LogP contribution in [0.15, 0.2) is 70.2 Å². The Hall–Kier alpha value is -3.36. The van der Waals surface area contributed by atoms with Crippen molar-refractivity contribution in [1.29, 1.82) is 0 Å². The van der Waals surface area contributed by atoms with Gasteiger partial charge in [-0.3, -0.25) is 4.79 Å². The Morgan fingerprint density at radius 2 is 1.56 bits per heavy atom. The minimum atomic E-state index is -0.548. The van der Waals surface area contributed by atoms with Crippen LogP contribution in [0, 0.1) is 0 Å². The highest BCUT2D eigenvalue weighted by molar-refractivity contribution is 9.10. The number of halogens is 2. The van der Waals surface area contributed by atoms with E-state index in [1.54, 1.807) is 60.7 Å². The molecule has 3 aromatic rings. The Morgan fingerprint density at radius 3 is 2.25 bits per heavy atom. The second kappa shape index (κ2) is 10.8. The van der Waals surface area contributed by atoms with E-state index in [1.807, 2.05) is 0 Å². The molecule has 0 aliphatic heterocycles. The molecule has 0 radical (unpaired) electrons. The highest BCUT2D eigenvalue weighted by atomic mass is 79.9. The van der Waals surface area contributed by atoms with Crippen LogP contribution in [0.25, 0.3) is 0 Å². The summed E-state index contributed by atoms with van der Waals surface area (Å²) in [5.41, 5.74) is 3.60. The Morgan fingerprint density at radius 1 is 0.906 bits per heavy atom. The van der Waals surface area contributed by atoms with Crippen LogP contribution in [-0.4, -0.2) is 32.3 Å². The summed E-state index contributed by atoms with van der Waals surface area (Å²) in [6, 6.07) is 16.2. The largest absolute Gasteiger partial charge is 0.493 e. The maximum atomic E-state index is 12.4. The van der Waals surface area contributed by atoms with Crippen LogP contribution in [0.3, 0.4) is 0 Å². The van der Waals surface area contributed by atoms with Crippen molar-refractivity contribution in [1.82, 2.24) is 5.43 Å². The van der Waals surface area contributed by atoms with Crippen molar-refractivity contribution in [3.63, 3.8) is 0 Å². The van der Waals surface area contributed by atoms with Crippen LogP contribution in [0.5, 0.6) is 17.2 Å². The third-order valence-electron chi connectivity index (χ3n) is 4.27. The van der Waals surface area contributed by atoms with Crippen molar-refractivity contribution in [2.24, 2.45) is 5.10 Å². The quantitative estimate of drug-likeness (QED) is 0.204. The zero-order chi connectivity index (χ0) is 23.1. The summed E-state index contributed by atoms with van der Waals surface area (Å²) >= 11 is 9.23. The van der Waals surface area contributed by atoms with E-state index >= 15 is 0 Å². The van der Waals surface area contributed by atoms with E-state index in [9.17, 15) is 9.59 Å². The van der Waals surface area contributed by atoms with Crippen LogP contribution in [-0.2, 0) is 0 Å². The van der Waals surface area contributed by atoms with Gasteiger partial charge < -0.3 is 14.2 Å². The van der Waals surface area contributed by atoms with Crippen LogP contribution in [0.2, 0.25) is 5.02 Å². The molecule has 1 N–H and O–H groups in total. The van der Waals surface area contributed by atoms with Gasteiger partial charge in [0.2, 0.25) is 0 Å². The summed E-state index contributed by atoms with van der Waals surface area (Å²) < 4.78 is 16.6. The molecule has 0 aliphatic rings. The van der Waals surface area contributed by atoms with E-state index < -0.39 is 11.9 Å². The molecule has 0 spiro atoms. The number of hydrogen-bond donors (Lipinski definition) is 1. The number of rotatable bonds is 7. The number of benzene rings is 3. The fraction of sp³-hybridized carbons (Fsp3) is 0.0870. The van der Waals surface area contributed by atoms with E-state index in [0.29, 0.717) is 33.2 Å². The third kappa shape index (κ3) is 5.87. The van der Waals surface area contributed by atoms with E-state index in [2.05, 4.69) is 26.5 Å². The standard InChI is InChI=1S/C23H18BrClN2O5/c1-30-20-9-5-15(12-21(20)31-2)22(28)27-26-13-16-11-17(24)6-10-19(16)32-23(29)14-3-7-18(25)8-4-14/h3-13H,1-2H3,(H,27,28)/b26-13-. The first-order chi connectivity index (χ1) is 15.4. The monoisotopic (exact) mass is 516 g/mol. The molecular formula is C23H18BrClN2O5. The average molecular weight is 518 g/mol. The number of carbonyl (C=O) groups is 2. The summed E-state index contributed by atoms with van der Waals surface area (Å²) in [7, 11) is 3.00. The molecule has 7 nitrogen and oxygen atoms in total. The molecule has 3 aromatic carbocycles. The Kier molecular flexibility index (Phi) is 7.86. The van der Waals surface area contributed by atoms with Crippen molar-refractivity contribution >= 4 is 45.6 Å². The lowest BCUT2D eigenvalue weighted by molar-refractivity contribution is 0.0734. The second-order valence-electron chi connectivity index (χ2n) is 6.35. The minimum absolute atomic E-state index is 0.275. The molecule has 1 amide bonds. The summed E-state index contributed by atoms with van der Waals surface area (Å²) in [6.07, 6.45) is 1.38. The molecule has 0 unspecified atom stereocenters. The molecule has 164 valence electrons. The maximum absolute atomic E-state index is 12.4. The topological polar surface area (TPSA) is 86.2 Å². The van der Waals surface area contributed by atoms with E-state index in [-0.39, 0.29) is 5.75 Å². The molecular weight excluding hydrogens is 500 g/mol. The lowest BCUT2D eigenvalue weighted by Gasteiger charge is -2.09. The van der Waals surface area contributed by atoms with Crippen molar-refractivity contribution in [2.45, 2.75) is 0 Å². The summed E-state index contributed by atoms with van der Waals surface area (Å²) in [4.78, 5) is 24.8. The SMILES string of the molecule is COc1ccc(C(=O)N/N=C\c2cc(Br)ccc2OC(=O)c2ccc(Cl)cc2)cc1OC. The van der Waals surface area contributed by atoms with Gasteiger partial charge in [-0.2, -0.15) is 5.10 Å². The maximum Gasteiger partial charge on any atom is 0.343 e. The van der Waals surface area contributed by atoms with E-state index in [4.69, 9.17) is 25.8 Å². The van der Waals surface area contributed by atoms with Gasteiger partial charge in [-0.05, 0) is 60.7 Å². The predicted octanol–water partition coefficient (Wildman–Crippen LogP) is 5.10. The zero-order valence-corrected chi connectivity index (χ0v) is 19.4. The minimum Gasteiger partial charge on any atom is -0.493 e. The van der Waals surface area contributed by atoms with Gasteiger partial charge in [-0.1, -0.05) is 27.5 Å². The number of esters is 1. The molecule has 9 heteroatoms. The van der Waals surface area contributed by atoms with Gasteiger partial charge in [0.05, 0.1) is 26.0 Å². The van der Waals surface area contributed by atoms with Gasteiger partial charge in [-0.15, -0.1) is 0 Å². The third-order valence-corrected chi connectivity index (χ3v) is 5.02. The van der Waals surface area contributed by atoms with Gasteiger partial charge in [-0.25, -0.2) is 10.2 Å². The fourth-order valence-electron chi connectivity index (χ4n) is 2.66. The summed E-state index contributed by atoms with van der Waals surface area (Å²) in [5, 5.41) is 4.50. The van der Waals surface area contributed by atoms with Gasteiger partial charge in [0, 0.05) is 20.6 Å². The van der Waals surface area contributed by atoms with Crippen molar-refractivity contribution in [3.05, 3.63) is 86.8 Å². The zero-order valence-electron chi connectivity index (χ0n) is 17.1. The number of nitrogens with one attached hydrogen (secondary N) is 1. The number of hydrazone groups is 1. The lowest BCUT2D eigenvalue weighted by atomic mass is 10.2. The molecule has 32 heavy (non-hydrogen) atoms. The summed E-state index contributed by atoms with van der Waals surface area (Å²) in [6.45, 7) is 0. The molecule has 0 fully saturated rings. The molecule has 3 rings (SSSR count). The van der Waals surface area contributed by atoms with Gasteiger partial charge >= 0.3 is 5.97 Å². The van der Waals surface area contributed by atoms with Crippen molar-refractivity contribution in [3.8, 4) is 17.2 Å². The highest BCUT2D eigenvalue weighted by Gasteiger charge is 2.13. The second-order valence-corrected chi connectivity index (χ2v) is 7.70. The van der Waals surface area contributed by atoms with Crippen molar-refractivity contribution in [2.75, 3.05) is 14.2 Å². The predicted molar refractivity (Wildman–Crippen MR) is 125 cm³/mol. The molecule has 0 saturated heterocycles. The normalized spacial score (nSPS) is 10.6. The van der Waals surface area contributed by atoms with E-state index in [1.165, 1.54) is 20.4 Å². The number of methoxy groups -OCH3 is 2. The number of carbonyl (C=O) groups excluding carboxylic acids is 2. The first-order valence-electron chi connectivity index (χ1n) is 9.24. The number of amides is 1. The molecule has 0 saturated carbocycles. The molecule has 0 heterocycles. The Labute approximate surface area is 198 Å². The molecule has 0 aromatic heterocycles. The number of ether oxygens (including phenoxy) is 3. The first kappa shape index (κ1) is 23.3. The Bertz CT molecular complexity index is 1170. The molecule has 0 atom stereocenters. The number of hydrogen-bond acceptors (Lipinski definition) is 6. The first-order valence-corrected chi connectivity index (χ1v) is 10.4. The fourth-order valence-corrected chi connectivity index (χ4v) is 3.17. The average Bonchev–Trinajstić information content (AvgIpc) is 2.80. The van der Waals surface area contributed by atoms with Crippen LogP contribution in [0.4, 0.5) is 0 Å². The molecule has 0 bridgehead atoms. The highest BCUT2D eigenvalue weighted by Crippen LogP contribution is 2.27. The molecule has 0 aliphatic carbocycles. The smallest absolute Gasteiger partial charge is 0.343 e. The van der Waals surface area contributed by atoms with Crippen molar-refractivity contribution < 1.29 is 23.8 Å². The van der Waals surface area contributed by atoms with E-state index in [0.717, 1.165) is 4.47 Å². The van der Waals surface area contributed by atoms with Crippen LogP contribution < -0.4 is 19.6 Å². The Balaban J connectivity index is 1.74. The number of nitrogens with zero attached hydrogens (tertiary/aromatic N) is 1. The van der Waals surface area contributed by atoms with Crippen LogP contribution in [0.1, 0.15) is 26.3 Å².